The summed E-state index contributed by atoms with van der Waals surface area (Å²) in [6.07, 6.45) is 0. The van der Waals surface area contributed by atoms with E-state index in [2.05, 4.69) is 15.6 Å². The maximum absolute atomic E-state index is 12.5. The molecule has 7 nitrogen and oxygen atoms in total. The second-order valence-electron chi connectivity index (χ2n) is 5.25. The molecule has 2 aromatic carbocycles. The summed E-state index contributed by atoms with van der Waals surface area (Å²) < 4.78 is 1.48. The SMILES string of the molecule is Cc1c(C(=O)Nc2ccccc2C(N)=O)nnn1-c1ccccc1Cl. The van der Waals surface area contributed by atoms with Crippen LogP contribution in [0.5, 0.6) is 0 Å². The molecule has 0 fully saturated rings. The van der Waals surface area contributed by atoms with Gasteiger partial charge in [-0.3, -0.25) is 9.59 Å². The second kappa shape index (κ2) is 6.74. The van der Waals surface area contributed by atoms with E-state index in [0.717, 1.165) is 0 Å². The Balaban J connectivity index is 1.93. The van der Waals surface area contributed by atoms with E-state index in [9.17, 15) is 9.59 Å². The molecule has 126 valence electrons. The van der Waals surface area contributed by atoms with Crippen LogP contribution in [0.25, 0.3) is 5.69 Å². The van der Waals surface area contributed by atoms with Crippen molar-refractivity contribution in [2.24, 2.45) is 5.73 Å². The summed E-state index contributed by atoms with van der Waals surface area (Å²) in [6.45, 7) is 1.71. The molecule has 0 saturated heterocycles. The molecule has 0 saturated carbocycles. The number of nitrogens with zero attached hydrogens (tertiary/aromatic N) is 3. The lowest BCUT2D eigenvalue weighted by Crippen LogP contribution is -2.19. The number of para-hydroxylation sites is 2. The number of hydrogen-bond acceptors (Lipinski definition) is 4. The van der Waals surface area contributed by atoms with Crippen LogP contribution < -0.4 is 11.1 Å². The Morgan fingerprint density at radius 3 is 2.52 bits per heavy atom. The summed E-state index contributed by atoms with van der Waals surface area (Å²) in [4.78, 5) is 24.0. The number of primary amides is 1. The molecule has 0 unspecified atom stereocenters. The summed E-state index contributed by atoms with van der Waals surface area (Å²) in [5, 5.41) is 11.1. The molecule has 0 spiro atoms. The van der Waals surface area contributed by atoms with Gasteiger partial charge in [0.25, 0.3) is 11.8 Å². The topological polar surface area (TPSA) is 103 Å². The van der Waals surface area contributed by atoms with Gasteiger partial charge in [0.15, 0.2) is 5.69 Å². The predicted octanol–water partition coefficient (Wildman–Crippen LogP) is 2.58. The average molecular weight is 356 g/mol. The molecule has 8 heteroatoms. The Bertz CT molecular complexity index is 967. The van der Waals surface area contributed by atoms with Gasteiger partial charge in [-0.15, -0.1) is 5.10 Å². The molecular formula is C17H14ClN5O2. The minimum Gasteiger partial charge on any atom is -0.366 e. The quantitative estimate of drug-likeness (QED) is 0.750. The van der Waals surface area contributed by atoms with E-state index in [1.54, 1.807) is 43.3 Å². The minimum atomic E-state index is -0.632. The summed E-state index contributed by atoms with van der Waals surface area (Å²) in [6, 6.07) is 13.6. The molecule has 0 aliphatic heterocycles. The van der Waals surface area contributed by atoms with Crippen molar-refractivity contribution in [2.75, 3.05) is 5.32 Å². The van der Waals surface area contributed by atoms with Gasteiger partial charge in [-0.2, -0.15) is 0 Å². The zero-order chi connectivity index (χ0) is 18.0. The number of halogens is 1. The Kier molecular flexibility index (Phi) is 4.49. The van der Waals surface area contributed by atoms with Gasteiger partial charge in [0.2, 0.25) is 0 Å². The lowest BCUT2D eigenvalue weighted by Gasteiger charge is -2.08. The van der Waals surface area contributed by atoms with Crippen molar-refractivity contribution in [3.8, 4) is 5.69 Å². The number of amides is 2. The van der Waals surface area contributed by atoms with Gasteiger partial charge >= 0.3 is 0 Å². The van der Waals surface area contributed by atoms with Crippen LogP contribution in [0.3, 0.4) is 0 Å². The molecule has 1 aromatic heterocycles. The van der Waals surface area contributed by atoms with Gasteiger partial charge in [0.05, 0.1) is 27.7 Å². The van der Waals surface area contributed by atoms with Crippen LogP contribution in [-0.2, 0) is 0 Å². The summed E-state index contributed by atoms with van der Waals surface area (Å²) >= 11 is 6.16. The number of anilines is 1. The minimum absolute atomic E-state index is 0.124. The molecule has 0 aliphatic carbocycles. The van der Waals surface area contributed by atoms with Crippen LogP contribution in [0.2, 0.25) is 5.02 Å². The van der Waals surface area contributed by atoms with Gasteiger partial charge in [0.1, 0.15) is 0 Å². The number of benzene rings is 2. The number of rotatable bonds is 4. The van der Waals surface area contributed by atoms with Crippen LogP contribution in [-0.4, -0.2) is 26.8 Å². The highest BCUT2D eigenvalue weighted by Crippen LogP contribution is 2.22. The van der Waals surface area contributed by atoms with Gasteiger partial charge in [-0.25, -0.2) is 4.68 Å². The lowest BCUT2D eigenvalue weighted by atomic mass is 10.1. The molecule has 0 atom stereocenters. The number of carbonyl (C=O) groups is 2. The standard InChI is InChI=1S/C17H14ClN5O2/c1-10-15(21-22-23(10)14-9-5-3-7-12(14)18)17(25)20-13-8-4-2-6-11(13)16(19)24/h2-9H,1H3,(H2,19,24)(H,20,25). The van der Waals surface area contributed by atoms with E-state index in [1.165, 1.54) is 10.7 Å². The van der Waals surface area contributed by atoms with Gasteiger partial charge in [-0.1, -0.05) is 41.1 Å². The molecule has 3 N–H and O–H groups in total. The number of nitrogens with one attached hydrogen (secondary N) is 1. The Morgan fingerprint density at radius 2 is 1.80 bits per heavy atom. The monoisotopic (exact) mass is 355 g/mol. The van der Waals surface area contributed by atoms with Crippen molar-refractivity contribution < 1.29 is 9.59 Å². The molecule has 2 amide bonds. The third-order valence-electron chi connectivity index (χ3n) is 3.63. The first-order valence-electron chi connectivity index (χ1n) is 7.36. The summed E-state index contributed by atoms with van der Waals surface area (Å²) in [5.41, 5.74) is 7.10. The van der Waals surface area contributed by atoms with Crippen LogP contribution in [0.1, 0.15) is 26.5 Å². The lowest BCUT2D eigenvalue weighted by molar-refractivity contribution is 0.100. The highest BCUT2D eigenvalue weighted by atomic mass is 35.5. The Hall–Kier alpha value is -3.19. The third-order valence-corrected chi connectivity index (χ3v) is 3.95. The van der Waals surface area contributed by atoms with E-state index >= 15 is 0 Å². The molecule has 3 rings (SSSR count). The Labute approximate surface area is 148 Å². The normalized spacial score (nSPS) is 10.5. The number of hydrogen-bond donors (Lipinski definition) is 2. The number of nitrogens with two attached hydrogens (primary N) is 1. The largest absolute Gasteiger partial charge is 0.366 e. The zero-order valence-electron chi connectivity index (χ0n) is 13.2. The van der Waals surface area contributed by atoms with Crippen molar-refractivity contribution in [1.29, 1.82) is 0 Å². The van der Waals surface area contributed by atoms with E-state index in [1.807, 2.05) is 6.07 Å². The molecule has 0 aliphatic rings. The van der Waals surface area contributed by atoms with E-state index in [0.29, 0.717) is 22.1 Å². The number of carbonyl (C=O) groups excluding carboxylic acids is 2. The van der Waals surface area contributed by atoms with Crippen LogP contribution in [0, 0.1) is 6.92 Å². The highest BCUT2D eigenvalue weighted by Gasteiger charge is 2.20. The first-order chi connectivity index (χ1) is 12.0. The van der Waals surface area contributed by atoms with Gasteiger partial charge in [0, 0.05) is 0 Å². The molecule has 1 heterocycles. The maximum atomic E-state index is 12.5. The van der Waals surface area contributed by atoms with Crippen LogP contribution >= 0.6 is 11.6 Å². The predicted molar refractivity (Wildman–Crippen MR) is 94.0 cm³/mol. The van der Waals surface area contributed by atoms with E-state index in [4.69, 9.17) is 17.3 Å². The van der Waals surface area contributed by atoms with E-state index < -0.39 is 11.8 Å². The van der Waals surface area contributed by atoms with Crippen molar-refractivity contribution >= 4 is 29.1 Å². The van der Waals surface area contributed by atoms with Gasteiger partial charge < -0.3 is 11.1 Å². The fourth-order valence-corrected chi connectivity index (χ4v) is 2.60. The fourth-order valence-electron chi connectivity index (χ4n) is 2.38. The molecule has 0 bridgehead atoms. The number of aromatic nitrogens is 3. The smallest absolute Gasteiger partial charge is 0.278 e. The molecule has 3 aromatic rings. The molecule has 0 radical (unpaired) electrons. The van der Waals surface area contributed by atoms with Crippen molar-refractivity contribution in [3.63, 3.8) is 0 Å². The van der Waals surface area contributed by atoms with Crippen LogP contribution in [0.15, 0.2) is 48.5 Å². The van der Waals surface area contributed by atoms with E-state index in [-0.39, 0.29) is 11.3 Å². The Morgan fingerprint density at radius 1 is 1.12 bits per heavy atom. The molecular weight excluding hydrogens is 342 g/mol. The average Bonchev–Trinajstić information content (AvgIpc) is 2.97. The summed E-state index contributed by atoms with van der Waals surface area (Å²) in [7, 11) is 0. The summed E-state index contributed by atoms with van der Waals surface area (Å²) in [5.74, 6) is -1.13. The maximum Gasteiger partial charge on any atom is 0.278 e. The highest BCUT2D eigenvalue weighted by molar-refractivity contribution is 6.32. The zero-order valence-corrected chi connectivity index (χ0v) is 14.0. The van der Waals surface area contributed by atoms with Crippen molar-refractivity contribution in [3.05, 3.63) is 70.5 Å². The first-order valence-corrected chi connectivity index (χ1v) is 7.74. The third kappa shape index (κ3) is 3.22. The molecule has 25 heavy (non-hydrogen) atoms. The first kappa shape index (κ1) is 16.7. The van der Waals surface area contributed by atoms with Gasteiger partial charge in [-0.05, 0) is 31.2 Å². The second-order valence-corrected chi connectivity index (χ2v) is 5.66. The van der Waals surface area contributed by atoms with Crippen LogP contribution in [0.4, 0.5) is 5.69 Å². The van der Waals surface area contributed by atoms with Crippen molar-refractivity contribution in [2.45, 2.75) is 6.92 Å². The van der Waals surface area contributed by atoms with Crippen molar-refractivity contribution in [1.82, 2.24) is 15.0 Å². The fraction of sp³-hybridized carbons (Fsp3) is 0.0588.